The number of aromatic nitrogens is 1. The monoisotopic (exact) mass is 403 g/mol. The number of sulfonamides is 1. The van der Waals surface area contributed by atoms with Crippen molar-refractivity contribution in [1.29, 1.82) is 0 Å². The zero-order chi connectivity index (χ0) is 20.3. The lowest BCUT2D eigenvalue weighted by atomic mass is 10.2. The van der Waals surface area contributed by atoms with E-state index in [1.54, 1.807) is 19.1 Å². The molecule has 0 spiro atoms. The van der Waals surface area contributed by atoms with Gasteiger partial charge in [0.05, 0.1) is 4.90 Å². The molecule has 1 amide bonds. The summed E-state index contributed by atoms with van der Waals surface area (Å²) in [5.41, 5.74) is 1.02. The first-order valence-electron chi connectivity index (χ1n) is 8.43. The Kier molecular flexibility index (Phi) is 5.57. The third-order valence-corrected chi connectivity index (χ3v) is 5.56. The molecule has 28 heavy (non-hydrogen) atoms. The van der Waals surface area contributed by atoms with Crippen molar-refractivity contribution in [3.63, 3.8) is 0 Å². The van der Waals surface area contributed by atoms with E-state index < -0.39 is 21.7 Å². The van der Waals surface area contributed by atoms with Crippen LogP contribution in [0.2, 0.25) is 0 Å². The Bertz CT molecular complexity index is 1210. The maximum atomic E-state index is 13.5. The lowest BCUT2D eigenvalue weighted by Crippen LogP contribution is -2.27. The third kappa shape index (κ3) is 4.62. The first kappa shape index (κ1) is 19.7. The smallest absolute Gasteiger partial charge is 0.248 e. The summed E-state index contributed by atoms with van der Waals surface area (Å²) in [5, 5.41) is 3.09. The molecule has 3 rings (SSSR count). The maximum Gasteiger partial charge on any atom is 0.248 e. The summed E-state index contributed by atoms with van der Waals surface area (Å²) in [4.78, 5) is 25.9. The van der Waals surface area contributed by atoms with Gasteiger partial charge in [-0.3, -0.25) is 9.59 Å². The molecule has 0 unspecified atom stereocenters. The number of hydrogen-bond acceptors (Lipinski definition) is 4. The molecule has 2 aromatic carbocycles. The van der Waals surface area contributed by atoms with Crippen molar-refractivity contribution in [1.82, 2.24) is 9.71 Å². The van der Waals surface area contributed by atoms with Crippen molar-refractivity contribution < 1.29 is 17.6 Å². The fraction of sp³-hybridized carbons (Fsp3) is 0.158. The minimum atomic E-state index is -3.82. The van der Waals surface area contributed by atoms with Crippen LogP contribution in [0.15, 0.2) is 58.2 Å². The lowest BCUT2D eigenvalue weighted by molar-refractivity contribution is -0.116. The van der Waals surface area contributed by atoms with E-state index in [1.165, 1.54) is 36.4 Å². The number of aryl methyl sites for hydroxylation is 1. The van der Waals surface area contributed by atoms with Crippen LogP contribution in [0.5, 0.6) is 0 Å². The summed E-state index contributed by atoms with van der Waals surface area (Å²) in [6.07, 6.45) is -0.115. The fourth-order valence-electron chi connectivity index (χ4n) is 2.58. The summed E-state index contributed by atoms with van der Waals surface area (Å²) in [6.45, 7) is 1.49. The van der Waals surface area contributed by atoms with Crippen molar-refractivity contribution in [2.75, 3.05) is 11.9 Å². The standard InChI is InChI=1S/C19H18FN3O4S/c1-12-2-4-14(11-16(12)20)22-19(25)8-9-21-28(26,27)15-5-6-17-13(10-15)3-7-18(24)23-17/h2-7,10-11,21H,8-9H2,1H3,(H,22,25)(H,23,24). The van der Waals surface area contributed by atoms with E-state index in [4.69, 9.17) is 0 Å². The van der Waals surface area contributed by atoms with E-state index in [2.05, 4.69) is 15.0 Å². The zero-order valence-corrected chi connectivity index (χ0v) is 15.8. The Hall–Kier alpha value is -3.04. The van der Waals surface area contributed by atoms with Gasteiger partial charge >= 0.3 is 0 Å². The molecule has 0 aliphatic heterocycles. The van der Waals surface area contributed by atoms with Crippen LogP contribution in [0.1, 0.15) is 12.0 Å². The molecule has 0 aliphatic rings. The highest BCUT2D eigenvalue weighted by Crippen LogP contribution is 2.16. The lowest BCUT2D eigenvalue weighted by Gasteiger charge is -2.09. The first-order valence-corrected chi connectivity index (χ1v) is 9.92. The van der Waals surface area contributed by atoms with E-state index in [0.717, 1.165) is 0 Å². The molecule has 1 heterocycles. The Morgan fingerprint density at radius 2 is 1.89 bits per heavy atom. The average molecular weight is 403 g/mol. The van der Waals surface area contributed by atoms with Crippen LogP contribution in [0.3, 0.4) is 0 Å². The number of carbonyl (C=O) groups is 1. The Morgan fingerprint density at radius 1 is 1.11 bits per heavy atom. The van der Waals surface area contributed by atoms with Crippen molar-refractivity contribution in [2.24, 2.45) is 0 Å². The number of amides is 1. The number of H-pyrrole nitrogens is 1. The minimum Gasteiger partial charge on any atom is -0.326 e. The number of halogens is 1. The zero-order valence-electron chi connectivity index (χ0n) is 15.0. The second kappa shape index (κ2) is 7.91. The van der Waals surface area contributed by atoms with E-state index in [1.807, 2.05) is 0 Å². The van der Waals surface area contributed by atoms with Crippen LogP contribution in [-0.4, -0.2) is 25.9 Å². The molecule has 0 fully saturated rings. The summed E-state index contributed by atoms with van der Waals surface area (Å²) >= 11 is 0. The van der Waals surface area contributed by atoms with Gasteiger partial charge in [0, 0.05) is 30.2 Å². The molecule has 7 nitrogen and oxygen atoms in total. The molecular weight excluding hydrogens is 385 g/mol. The highest BCUT2D eigenvalue weighted by Gasteiger charge is 2.15. The Balaban J connectivity index is 1.61. The number of rotatable bonds is 6. The number of benzene rings is 2. The summed E-state index contributed by atoms with van der Waals surface area (Å²) in [5.74, 6) is -0.877. The molecule has 0 radical (unpaired) electrons. The fourth-order valence-corrected chi connectivity index (χ4v) is 3.64. The SMILES string of the molecule is Cc1ccc(NC(=O)CCNS(=O)(=O)c2ccc3[nH]c(=O)ccc3c2)cc1F. The normalized spacial score (nSPS) is 11.5. The van der Waals surface area contributed by atoms with Crippen LogP contribution < -0.4 is 15.6 Å². The Labute approximate surface area is 160 Å². The number of carbonyl (C=O) groups excluding carboxylic acids is 1. The molecule has 0 aliphatic carbocycles. The molecule has 0 atom stereocenters. The average Bonchev–Trinajstić information content (AvgIpc) is 2.64. The largest absolute Gasteiger partial charge is 0.326 e. The van der Waals surface area contributed by atoms with Crippen molar-refractivity contribution in [3.8, 4) is 0 Å². The highest BCUT2D eigenvalue weighted by atomic mass is 32.2. The predicted molar refractivity (Wildman–Crippen MR) is 104 cm³/mol. The van der Waals surface area contributed by atoms with E-state index in [9.17, 15) is 22.4 Å². The molecule has 3 N–H and O–H groups in total. The number of fused-ring (bicyclic) bond motifs is 1. The molecule has 0 bridgehead atoms. The molecule has 0 saturated heterocycles. The van der Waals surface area contributed by atoms with E-state index in [-0.39, 0.29) is 23.4 Å². The van der Waals surface area contributed by atoms with Gasteiger partial charge in [0.15, 0.2) is 0 Å². The van der Waals surface area contributed by atoms with Gasteiger partial charge in [0.2, 0.25) is 21.5 Å². The number of aromatic amines is 1. The van der Waals surface area contributed by atoms with Gasteiger partial charge in [-0.25, -0.2) is 17.5 Å². The summed E-state index contributed by atoms with van der Waals surface area (Å²) in [7, 11) is -3.82. The van der Waals surface area contributed by atoms with Gasteiger partial charge in [-0.15, -0.1) is 0 Å². The van der Waals surface area contributed by atoms with Crippen molar-refractivity contribution >= 4 is 32.5 Å². The predicted octanol–water partition coefficient (Wildman–Crippen LogP) is 2.28. The van der Waals surface area contributed by atoms with Gasteiger partial charge in [-0.1, -0.05) is 6.07 Å². The molecule has 9 heteroatoms. The first-order chi connectivity index (χ1) is 13.2. The molecule has 146 valence electrons. The summed E-state index contributed by atoms with van der Waals surface area (Å²) < 4.78 is 40.7. The van der Waals surface area contributed by atoms with Gasteiger partial charge in [-0.2, -0.15) is 0 Å². The molecule has 3 aromatic rings. The second-order valence-electron chi connectivity index (χ2n) is 6.23. The van der Waals surface area contributed by atoms with Crippen molar-refractivity contribution in [2.45, 2.75) is 18.2 Å². The van der Waals surface area contributed by atoms with E-state index in [0.29, 0.717) is 22.2 Å². The summed E-state index contributed by atoms with van der Waals surface area (Å²) in [6, 6.07) is 11.5. The van der Waals surface area contributed by atoms with Crippen LogP contribution in [0, 0.1) is 12.7 Å². The topological polar surface area (TPSA) is 108 Å². The number of hydrogen-bond donors (Lipinski definition) is 3. The second-order valence-corrected chi connectivity index (χ2v) is 8.00. The van der Waals surface area contributed by atoms with Crippen LogP contribution in [0.4, 0.5) is 10.1 Å². The molecule has 0 saturated carbocycles. The minimum absolute atomic E-state index is 0.0214. The third-order valence-electron chi connectivity index (χ3n) is 4.11. The highest BCUT2D eigenvalue weighted by molar-refractivity contribution is 7.89. The number of anilines is 1. The van der Waals surface area contributed by atoms with Crippen LogP contribution in [0.25, 0.3) is 10.9 Å². The van der Waals surface area contributed by atoms with Gasteiger partial charge < -0.3 is 10.3 Å². The quantitative estimate of drug-likeness (QED) is 0.587. The molecule has 1 aromatic heterocycles. The van der Waals surface area contributed by atoms with E-state index >= 15 is 0 Å². The number of nitrogens with one attached hydrogen (secondary N) is 3. The van der Waals surface area contributed by atoms with Crippen molar-refractivity contribution in [3.05, 3.63) is 70.3 Å². The maximum absolute atomic E-state index is 13.5. The van der Waals surface area contributed by atoms with Crippen LogP contribution >= 0.6 is 0 Å². The molecular formula is C19H18FN3O4S. The van der Waals surface area contributed by atoms with Crippen LogP contribution in [-0.2, 0) is 14.8 Å². The van der Waals surface area contributed by atoms with Gasteiger partial charge in [0.25, 0.3) is 0 Å². The van der Waals surface area contributed by atoms with Gasteiger partial charge in [-0.05, 0) is 54.3 Å². The Morgan fingerprint density at radius 3 is 2.64 bits per heavy atom. The van der Waals surface area contributed by atoms with Gasteiger partial charge in [0.1, 0.15) is 5.82 Å². The number of pyridine rings is 1.